The van der Waals surface area contributed by atoms with Gasteiger partial charge in [0.1, 0.15) is 5.75 Å². The van der Waals surface area contributed by atoms with Crippen LogP contribution in [-0.2, 0) is 6.42 Å². The van der Waals surface area contributed by atoms with Crippen molar-refractivity contribution in [3.8, 4) is 17.2 Å². The van der Waals surface area contributed by atoms with Crippen LogP contribution < -0.4 is 19.9 Å². The van der Waals surface area contributed by atoms with Gasteiger partial charge in [-0.1, -0.05) is 24.3 Å². The minimum absolute atomic E-state index is 0.190. The summed E-state index contributed by atoms with van der Waals surface area (Å²) in [6.07, 6.45) is 0.826. The molecule has 1 atom stereocenters. The highest BCUT2D eigenvalue weighted by atomic mass is 16.5. The van der Waals surface area contributed by atoms with Gasteiger partial charge in [0.15, 0.2) is 11.5 Å². The number of nitrogens with two attached hydrogens (primary N) is 1. The Morgan fingerprint density at radius 1 is 0.800 bits per heavy atom. The molecule has 0 aliphatic heterocycles. The van der Waals surface area contributed by atoms with Crippen LogP contribution in [0.25, 0.3) is 0 Å². The second-order valence-corrected chi connectivity index (χ2v) is 5.75. The molecule has 0 aromatic heterocycles. The summed E-state index contributed by atoms with van der Waals surface area (Å²) in [4.78, 5) is 0. The smallest absolute Gasteiger partial charge is 0.161 e. The minimum atomic E-state index is 0.190. The number of hydrogen-bond donors (Lipinski definition) is 1. The van der Waals surface area contributed by atoms with Gasteiger partial charge < -0.3 is 19.9 Å². The number of para-hydroxylation sites is 1. The van der Waals surface area contributed by atoms with Crippen LogP contribution in [0.5, 0.6) is 17.2 Å². The van der Waals surface area contributed by atoms with E-state index in [2.05, 4.69) is 18.2 Å². The second kappa shape index (κ2) is 9.94. The predicted octanol–water partition coefficient (Wildman–Crippen LogP) is 4.17. The van der Waals surface area contributed by atoms with E-state index in [-0.39, 0.29) is 5.92 Å². The molecule has 4 nitrogen and oxygen atoms in total. The molecule has 0 fully saturated rings. The highest BCUT2D eigenvalue weighted by molar-refractivity contribution is 5.44. The summed E-state index contributed by atoms with van der Waals surface area (Å²) in [6, 6.07) is 14.2. The highest BCUT2D eigenvalue weighted by Crippen LogP contribution is 2.33. The fraction of sp³-hybridized carbons (Fsp3) is 0.429. The third kappa shape index (κ3) is 5.13. The van der Waals surface area contributed by atoms with E-state index in [0.29, 0.717) is 26.4 Å². The SMILES string of the molecule is CCOc1ccc(CC(CN)c2ccccc2OCC)cc1OCC. The largest absolute Gasteiger partial charge is 0.494 e. The van der Waals surface area contributed by atoms with Crippen LogP contribution in [0, 0.1) is 0 Å². The van der Waals surface area contributed by atoms with Crippen molar-refractivity contribution in [2.45, 2.75) is 33.1 Å². The number of hydrogen-bond acceptors (Lipinski definition) is 4. The molecule has 0 bridgehead atoms. The zero-order valence-corrected chi connectivity index (χ0v) is 15.5. The third-order valence-corrected chi connectivity index (χ3v) is 4.03. The maximum absolute atomic E-state index is 6.08. The van der Waals surface area contributed by atoms with E-state index in [1.165, 1.54) is 5.56 Å². The van der Waals surface area contributed by atoms with Gasteiger partial charge in [0.05, 0.1) is 19.8 Å². The lowest BCUT2D eigenvalue weighted by atomic mass is 9.91. The lowest BCUT2D eigenvalue weighted by Gasteiger charge is -2.20. The molecule has 25 heavy (non-hydrogen) atoms. The molecule has 2 aromatic carbocycles. The van der Waals surface area contributed by atoms with Gasteiger partial charge in [-0.05, 0) is 63.1 Å². The summed E-state index contributed by atoms with van der Waals surface area (Å²) in [5.74, 6) is 2.68. The molecular formula is C21H29NO3. The van der Waals surface area contributed by atoms with Crippen molar-refractivity contribution in [3.05, 3.63) is 53.6 Å². The van der Waals surface area contributed by atoms with Crippen molar-refractivity contribution in [1.29, 1.82) is 0 Å². The first kappa shape index (κ1) is 19.1. The van der Waals surface area contributed by atoms with E-state index in [1.807, 2.05) is 45.0 Å². The van der Waals surface area contributed by atoms with E-state index in [0.717, 1.165) is 29.2 Å². The van der Waals surface area contributed by atoms with Gasteiger partial charge in [0.2, 0.25) is 0 Å². The Balaban J connectivity index is 2.25. The van der Waals surface area contributed by atoms with Gasteiger partial charge in [-0.2, -0.15) is 0 Å². The van der Waals surface area contributed by atoms with Crippen LogP contribution in [0.2, 0.25) is 0 Å². The van der Waals surface area contributed by atoms with Gasteiger partial charge in [-0.25, -0.2) is 0 Å². The maximum atomic E-state index is 6.08. The van der Waals surface area contributed by atoms with Crippen molar-refractivity contribution >= 4 is 0 Å². The molecule has 2 aromatic rings. The van der Waals surface area contributed by atoms with E-state index in [4.69, 9.17) is 19.9 Å². The summed E-state index contributed by atoms with van der Waals surface area (Å²) < 4.78 is 17.1. The quantitative estimate of drug-likeness (QED) is 0.703. The number of benzene rings is 2. The van der Waals surface area contributed by atoms with Gasteiger partial charge in [-0.15, -0.1) is 0 Å². The molecule has 0 aliphatic rings. The molecule has 4 heteroatoms. The van der Waals surface area contributed by atoms with Crippen molar-refractivity contribution in [2.75, 3.05) is 26.4 Å². The van der Waals surface area contributed by atoms with Crippen molar-refractivity contribution in [3.63, 3.8) is 0 Å². The first-order chi connectivity index (χ1) is 12.2. The molecule has 136 valence electrons. The normalized spacial score (nSPS) is 11.8. The third-order valence-electron chi connectivity index (χ3n) is 4.03. The summed E-state index contributed by atoms with van der Waals surface area (Å²) in [5, 5.41) is 0. The topological polar surface area (TPSA) is 53.7 Å². The fourth-order valence-electron chi connectivity index (χ4n) is 2.93. The monoisotopic (exact) mass is 343 g/mol. The molecule has 2 rings (SSSR count). The Bertz CT molecular complexity index is 657. The van der Waals surface area contributed by atoms with Crippen LogP contribution in [0.4, 0.5) is 0 Å². The fourth-order valence-corrected chi connectivity index (χ4v) is 2.93. The highest BCUT2D eigenvalue weighted by Gasteiger charge is 2.16. The summed E-state index contributed by atoms with van der Waals surface area (Å²) in [5.41, 5.74) is 8.41. The van der Waals surface area contributed by atoms with Crippen LogP contribution >= 0.6 is 0 Å². The standard InChI is InChI=1S/C21H29NO3/c1-4-23-19-10-8-7-9-18(19)17(15-22)13-16-11-12-20(24-5-2)21(14-16)25-6-3/h7-12,14,17H,4-6,13,15,22H2,1-3H3. The summed E-state index contributed by atoms with van der Waals surface area (Å²) in [6.45, 7) is 8.37. The number of ether oxygens (including phenoxy) is 3. The lowest BCUT2D eigenvalue weighted by Crippen LogP contribution is -2.16. The Hall–Kier alpha value is -2.20. The second-order valence-electron chi connectivity index (χ2n) is 5.75. The molecule has 2 N–H and O–H groups in total. The summed E-state index contributed by atoms with van der Waals surface area (Å²) >= 11 is 0. The van der Waals surface area contributed by atoms with Gasteiger partial charge in [0, 0.05) is 5.92 Å². The molecule has 1 unspecified atom stereocenters. The van der Waals surface area contributed by atoms with Crippen LogP contribution in [0.15, 0.2) is 42.5 Å². The predicted molar refractivity (Wildman–Crippen MR) is 102 cm³/mol. The molecule has 0 saturated heterocycles. The maximum Gasteiger partial charge on any atom is 0.161 e. The van der Waals surface area contributed by atoms with Gasteiger partial charge in [0.25, 0.3) is 0 Å². The van der Waals surface area contributed by atoms with Crippen molar-refractivity contribution in [1.82, 2.24) is 0 Å². The molecule has 0 spiro atoms. The van der Waals surface area contributed by atoms with Crippen molar-refractivity contribution in [2.24, 2.45) is 5.73 Å². The van der Waals surface area contributed by atoms with E-state index < -0.39 is 0 Å². The van der Waals surface area contributed by atoms with Gasteiger partial charge in [-0.3, -0.25) is 0 Å². The molecule has 0 aliphatic carbocycles. The van der Waals surface area contributed by atoms with Crippen molar-refractivity contribution < 1.29 is 14.2 Å². The molecule has 0 radical (unpaired) electrons. The Morgan fingerprint density at radius 2 is 1.44 bits per heavy atom. The summed E-state index contributed by atoms with van der Waals surface area (Å²) in [7, 11) is 0. The van der Waals surface area contributed by atoms with Gasteiger partial charge >= 0.3 is 0 Å². The molecular weight excluding hydrogens is 314 g/mol. The number of rotatable bonds is 10. The Kier molecular flexibility index (Phi) is 7.61. The molecule has 0 heterocycles. The lowest BCUT2D eigenvalue weighted by molar-refractivity contribution is 0.287. The molecule has 0 amide bonds. The van der Waals surface area contributed by atoms with Crippen LogP contribution in [0.3, 0.4) is 0 Å². The first-order valence-corrected chi connectivity index (χ1v) is 9.03. The average Bonchev–Trinajstić information content (AvgIpc) is 2.63. The van der Waals surface area contributed by atoms with E-state index in [9.17, 15) is 0 Å². The Labute approximate surface area is 150 Å². The zero-order valence-electron chi connectivity index (χ0n) is 15.5. The molecule has 0 saturated carbocycles. The van der Waals surface area contributed by atoms with E-state index >= 15 is 0 Å². The minimum Gasteiger partial charge on any atom is -0.494 e. The van der Waals surface area contributed by atoms with Crippen LogP contribution in [0.1, 0.15) is 37.8 Å². The average molecular weight is 343 g/mol. The zero-order chi connectivity index (χ0) is 18.1. The first-order valence-electron chi connectivity index (χ1n) is 9.03. The van der Waals surface area contributed by atoms with E-state index in [1.54, 1.807) is 0 Å². The Morgan fingerprint density at radius 3 is 2.12 bits per heavy atom. The van der Waals surface area contributed by atoms with Crippen LogP contribution in [-0.4, -0.2) is 26.4 Å².